The van der Waals surface area contributed by atoms with E-state index in [1.807, 2.05) is 0 Å². The van der Waals surface area contributed by atoms with Gasteiger partial charge in [-0.05, 0) is 30.7 Å². The number of halogens is 1. The first kappa shape index (κ1) is 14.8. The Hall–Kier alpha value is -2.56. The van der Waals surface area contributed by atoms with Crippen molar-refractivity contribution in [3.8, 4) is 5.75 Å². The molecule has 0 saturated carbocycles. The average Bonchev–Trinajstić information content (AvgIpc) is 2.48. The molecule has 5 heteroatoms. The third-order valence-electron chi connectivity index (χ3n) is 3.10. The fourth-order valence-corrected chi connectivity index (χ4v) is 1.91. The molecule has 0 bridgehead atoms. The topological polar surface area (TPSA) is 61.5 Å². The average molecular weight is 289 g/mol. The molecule has 0 fully saturated rings. The highest BCUT2D eigenvalue weighted by molar-refractivity contribution is 5.92. The van der Waals surface area contributed by atoms with Gasteiger partial charge in [-0.15, -0.1) is 0 Å². The molecule has 110 valence electrons. The lowest BCUT2D eigenvalue weighted by molar-refractivity contribution is 0.0467. The largest absolute Gasteiger partial charge is 0.494 e. The number of methoxy groups -OCH3 is 1. The van der Waals surface area contributed by atoms with Gasteiger partial charge < -0.3 is 15.2 Å². The van der Waals surface area contributed by atoms with Gasteiger partial charge in [0.05, 0.1) is 12.7 Å². The van der Waals surface area contributed by atoms with Crippen LogP contribution in [0.4, 0.5) is 10.1 Å². The molecule has 0 aliphatic rings. The number of esters is 1. The summed E-state index contributed by atoms with van der Waals surface area (Å²) in [6.07, 6.45) is 0. The van der Waals surface area contributed by atoms with Gasteiger partial charge in [-0.3, -0.25) is 0 Å². The lowest BCUT2D eigenvalue weighted by Gasteiger charge is -2.10. The van der Waals surface area contributed by atoms with Crippen LogP contribution >= 0.6 is 0 Å². The van der Waals surface area contributed by atoms with E-state index in [0.29, 0.717) is 11.3 Å². The fourth-order valence-electron chi connectivity index (χ4n) is 1.91. The SMILES string of the molecule is COc1cccc(COC(=O)c2cc(N)ccc2C)c1F. The van der Waals surface area contributed by atoms with Gasteiger partial charge in [0.2, 0.25) is 0 Å². The van der Waals surface area contributed by atoms with E-state index < -0.39 is 11.8 Å². The molecule has 0 heterocycles. The first-order chi connectivity index (χ1) is 10.0. The van der Waals surface area contributed by atoms with Crippen LogP contribution in [0.25, 0.3) is 0 Å². The Morgan fingerprint density at radius 3 is 2.76 bits per heavy atom. The van der Waals surface area contributed by atoms with Crippen molar-refractivity contribution in [2.45, 2.75) is 13.5 Å². The Bertz CT molecular complexity index is 671. The second kappa shape index (κ2) is 6.26. The van der Waals surface area contributed by atoms with E-state index in [9.17, 15) is 9.18 Å². The standard InChI is InChI=1S/C16H16FNO3/c1-10-6-7-12(18)8-13(10)16(19)21-9-11-4-3-5-14(20-2)15(11)17/h3-8H,9,18H2,1-2H3. The van der Waals surface area contributed by atoms with Crippen molar-refractivity contribution >= 4 is 11.7 Å². The molecular formula is C16H16FNO3. The molecule has 2 rings (SSSR count). The molecule has 2 aromatic carbocycles. The number of aryl methyl sites for hydroxylation is 1. The molecule has 2 N–H and O–H groups in total. The van der Waals surface area contributed by atoms with E-state index in [1.165, 1.54) is 19.2 Å². The summed E-state index contributed by atoms with van der Waals surface area (Å²) in [6, 6.07) is 9.66. The Kier molecular flexibility index (Phi) is 4.42. The number of ether oxygens (including phenoxy) is 2. The predicted octanol–water partition coefficient (Wildman–Crippen LogP) is 3.08. The first-order valence-corrected chi connectivity index (χ1v) is 6.37. The number of carbonyl (C=O) groups excluding carboxylic acids is 1. The van der Waals surface area contributed by atoms with E-state index in [4.69, 9.17) is 15.2 Å². The molecular weight excluding hydrogens is 273 g/mol. The summed E-state index contributed by atoms with van der Waals surface area (Å²) in [5, 5.41) is 0. The van der Waals surface area contributed by atoms with Crippen LogP contribution in [-0.2, 0) is 11.3 Å². The van der Waals surface area contributed by atoms with Crippen LogP contribution in [-0.4, -0.2) is 13.1 Å². The molecule has 0 aliphatic heterocycles. The maximum absolute atomic E-state index is 13.9. The van der Waals surface area contributed by atoms with Crippen LogP contribution in [0, 0.1) is 12.7 Å². The summed E-state index contributed by atoms with van der Waals surface area (Å²) in [5.74, 6) is -0.956. The highest BCUT2D eigenvalue weighted by atomic mass is 19.1. The number of benzene rings is 2. The minimum Gasteiger partial charge on any atom is -0.494 e. The van der Waals surface area contributed by atoms with Gasteiger partial charge in [0.25, 0.3) is 0 Å². The molecule has 0 unspecified atom stereocenters. The highest BCUT2D eigenvalue weighted by Crippen LogP contribution is 2.21. The lowest BCUT2D eigenvalue weighted by atomic mass is 10.1. The van der Waals surface area contributed by atoms with Crippen molar-refractivity contribution in [1.29, 1.82) is 0 Å². The zero-order valence-electron chi connectivity index (χ0n) is 11.9. The molecule has 4 nitrogen and oxygen atoms in total. The summed E-state index contributed by atoms with van der Waals surface area (Å²) < 4.78 is 24.0. The number of rotatable bonds is 4. The summed E-state index contributed by atoms with van der Waals surface area (Å²) in [7, 11) is 1.38. The van der Waals surface area contributed by atoms with Crippen LogP contribution < -0.4 is 10.5 Å². The van der Waals surface area contributed by atoms with Crippen LogP contribution in [0.15, 0.2) is 36.4 Å². The summed E-state index contributed by atoms with van der Waals surface area (Å²) in [6.45, 7) is 1.61. The van der Waals surface area contributed by atoms with Gasteiger partial charge in [-0.25, -0.2) is 9.18 Å². The Labute approximate surface area is 122 Å². The molecule has 0 aromatic heterocycles. The van der Waals surface area contributed by atoms with Gasteiger partial charge in [0.1, 0.15) is 6.61 Å². The molecule has 2 aromatic rings. The highest BCUT2D eigenvalue weighted by Gasteiger charge is 2.14. The van der Waals surface area contributed by atoms with Crippen LogP contribution in [0.1, 0.15) is 21.5 Å². The maximum atomic E-state index is 13.9. The smallest absolute Gasteiger partial charge is 0.338 e. The number of anilines is 1. The van der Waals surface area contributed by atoms with E-state index in [1.54, 1.807) is 31.2 Å². The van der Waals surface area contributed by atoms with Gasteiger partial charge in [-0.2, -0.15) is 0 Å². The van der Waals surface area contributed by atoms with Crippen molar-refractivity contribution in [2.75, 3.05) is 12.8 Å². The minimum atomic E-state index is -0.540. The van der Waals surface area contributed by atoms with E-state index in [0.717, 1.165) is 5.56 Å². The minimum absolute atomic E-state index is 0.115. The third-order valence-corrected chi connectivity index (χ3v) is 3.10. The second-order valence-corrected chi connectivity index (χ2v) is 4.58. The molecule has 0 spiro atoms. The van der Waals surface area contributed by atoms with Crippen molar-refractivity contribution in [2.24, 2.45) is 0 Å². The maximum Gasteiger partial charge on any atom is 0.338 e. The number of nitrogen functional groups attached to an aromatic ring is 1. The number of nitrogens with two attached hydrogens (primary N) is 1. The first-order valence-electron chi connectivity index (χ1n) is 6.37. The third kappa shape index (κ3) is 3.31. The van der Waals surface area contributed by atoms with Crippen LogP contribution in [0.2, 0.25) is 0 Å². The zero-order chi connectivity index (χ0) is 15.4. The summed E-state index contributed by atoms with van der Waals surface area (Å²) in [4.78, 5) is 12.0. The van der Waals surface area contributed by atoms with Gasteiger partial charge in [-0.1, -0.05) is 18.2 Å². The van der Waals surface area contributed by atoms with Crippen molar-refractivity contribution in [1.82, 2.24) is 0 Å². The van der Waals surface area contributed by atoms with E-state index in [-0.39, 0.29) is 17.9 Å². The quantitative estimate of drug-likeness (QED) is 0.694. The number of carbonyl (C=O) groups is 1. The van der Waals surface area contributed by atoms with Crippen molar-refractivity contribution in [3.63, 3.8) is 0 Å². The molecule has 0 aliphatic carbocycles. The lowest BCUT2D eigenvalue weighted by Crippen LogP contribution is -2.09. The van der Waals surface area contributed by atoms with Gasteiger partial charge in [0.15, 0.2) is 11.6 Å². The summed E-state index contributed by atoms with van der Waals surface area (Å²) >= 11 is 0. The molecule has 0 radical (unpaired) electrons. The summed E-state index contributed by atoms with van der Waals surface area (Å²) in [5.41, 5.74) is 7.50. The molecule has 0 atom stereocenters. The monoisotopic (exact) mass is 289 g/mol. The predicted molar refractivity (Wildman–Crippen MR) is 77.7 cm³/mol. The molecule has 0 amide bonds. The molecule has 0 saturated heterocycles. The Morgan fingerprint density at radius 2 is 2.05 bits per heavy atom. The number of hydrogen-bond acceptors (Lipinski definition) is 4. The second-order valence-electron chi connectivity index (χ2n) is 4.58. The fraction of sp³-hybridized carbons (Fsp3) is 0.188. The van der Waals surface area contributed by atoms with Crippen molar-refractivity contribution < 1.29 is 18.7 Å². The van der Waals surface area contributed by atoms with Crippen molar-refractivity contribution in [3.05, 3.63) is 58.9 Å². The normalized spacial score (nSPS) is 10.2. The Morgan fingerprint density at radius 1 is 1.29 bits per heavy atom. The van der Waals surface area contributed by atoms with E-state index in [2.05, 4.69) is 0 Å². The van der Waals surface area contributed by atoms with Gasteiger partial charge >= 0.3 is 5.97 Å². The Balaban J connectivity index is 2.13. The number of hydrogen-bond donors (Lipinski definition) is 1. The van der Waals surface area contributed by atoms with Gasteiger partial charge in [0, 0.05) is 11.3 Å². The molecule has 21 heavy (non-hydrogen) atoms. The van der Waals surface area contributed by atoms with Crippen LogP contribution in [0.5, 0.6) is 5.75 Å². The van der Waals surface area contributed by atoms with Crippen LogP contribution in [0.3, 0.4) is 0 Å². The zero-order valence-corrected chi connectivity index (χ0v) is 11.9. The van der Waals surface area contributed by atoms with E-state index >= 15 is 0 Å².